The van der Waals surface area contributed by atoms with Gasteiger partial charge in [-0.3, -0.25) is 0 Å². The molecule has 56 heavy (non-hydrogen) atoms. The van der Waals surface area contributed by atoms with Crippen molar-refractivity contribution in [3.8, 4) is 45.3 Å². The predicted molar refractivity (Wildman–Crippen MR) is 234 cm³/mol. The second-order valence-corrected chi connectivity index (χ2v) is 15.4. The van der Waals surface area contributed by atoms with Crippen LogP contribution in [0.1, 0.15) is 0 Å². The Morgan fingerprint density at radius 1 is 0.339 bits per heavy atom. The van der Waals surface area contributed by atoms with Crippen molar-refractivity contribution in [1.82, 2.24) is 15.0 Å². The van der Waals surface area contributed by atoms with Gasteiger partial charge in [-0.25, -0.2) is 15.0 Å². The molecule has 12 aromatic rings. The first-order valence-corrected chi connectivity index (χ1v) is 19.6. The summed E-state index contributed by atoms with van der Waals surface area (Å²) in [6.45, 7) is 0. The largest absolute Gasteiger partial charge is 0.456 e. The fourth-order valence-corrected chi connectivity index (χ4v) is 9.65. The number of benzene rings is 9. The van der Waals surface area contributed by atoms with E-state index in [1.807, 2.05) is 12.1 Å². The molecule has 0 saturated carbocycles. The fourth-order valence-electron chi connectivity index (χ4n) is 8.52. The van der Waals surface area contributed by atoms with E-state index in [0.717, 1.165) is 60.5 Å². The van der Waals surface area contributed by atoms with E-state index < -0.39 is 0 Å². The third-order valence-corrected chi connectivity index (χ3v) is 12.2. The van der Waals surface area contributed by atoms with E-state index in [0.29, 0.717) is 17.5 Å². The smallest absolute Gasteiger partial charge is 0.164 e. The quantitative estimate of drug-likeness (QED) is 0.169. The number of hydrogen-bond acceptors (Lipinski definition) is 5. The van der Waals surface area contributed by atoms with Crippen LogP contribution in [0.4, 0.5) is 0 Å². The lowest BCUT2D eigenvalue weighted by Crippen LogP contribution is -2.01. The van der Waals surface area contributed by atoms with Crippen molar-refractivity contribution in [3.05, 3.63) is 176 Å². The zero-order chi connectivity index (χ0) is 36.7. The number of rotatable bonds is 4. The maximum Gasteiger partial charge on any atom is 0.164 e. The molecular weight excluding hydrogens is 703 g/mol. The first-order chi connectivity index (χ1) is 27.7. The molecule has 3 aromatic heterocycles. The summed E-state index contributed by atoms with van der Waals surface area (Å²) in [7, 11) is 0. The molecule has 0 N–H and O–H groups in total. The van der Waals surface area contributed by atoms with Crippen LogP contribution in [-0.2, 0) is 0 Å². The van der Waals surface area contributed by atoms with Crippen LogP contribution < -0.4 is 0 Å². The minimum absolute atomic E-state index is 0.596. The Balaban J connectivity index is 1.17. The topological polar surface area (TPSA) is 51.8 Å². The summed E-state index contributed by atoms with van der Waals surface area (Å²) in [4.78, 5) is 16.1. The van der Waals surface area contributed by atoms with Gasteiger partial charge in [-0.1, -0.05) is 140 Å². The lowest BCUT2D eigenvalue weighted by molar-refractivity contribution is 0.669. The SMILES string of the molecule is c1ccc2c(-c3cc(-c4nc(-c5ccc6c(ccc7ccccc76)c5)nc(-c5cccc6sc7ccccc7c56)n4)c4c(c3)oc3ccccc34)cccc2c1. The predicted octanol–water partition coefficient (Wildman–Crippen LogP) is 14.3. The van der Waals surface area contributed by atoms with Crippen molar-refractivity contribution < 1.29 is 4.42 Å². The number of hydrogen-bond donors (Lipinski definition) is 0. The van der Waals surface area contributed by atoms with Gasteiger partial charge in [0.2, 0.25) is 0 Å². The van der Waals surface area contributed by atoms with Crippen molar-refractivity contribution in [2.45, 2.75) is 0 Å². The van der Waals surface area contributed by atoms with Gasteiger partial charge in [-0.15, -0.1) is 11.3 Å². The fraction of sp³-hybridized carbons (Fsp3) is 0. The van der Waals surface area contributed by atoms with Crippen molar-refractivity contribution in [1.29, 1.82) is 0 Å². The van der Waals surface area contributed by atoms with Gasteiger partial charge in [0.05, 0.1) is 0 Å². The molecule has 4 nitrogen and oxygen atoms in total. The molecule has 0 spiro atoms. The van der Waals surface area contributed by atoms with Crippen LogP contribution in [0.2, 0.25) is 0 Å². The lowest BCUT2D eigenvalue weighted by atomic mass is 9.94. The number of para-hydroxylation sites is 1. The molecule has 0 bridgehead atoms. The van der Waals surface area contributed by atoms with E-state index in [4.69, 9.17) is 19.4 Å². The molecule has 260 valence electrons. The van der Waals surface area contributed by atoms with Crippen molar-refractivity contribution in [2.24, 2.45) is 0 Å². The Labute approximate surface area is 325 Å². The molecule has 0 aliphatic rings. The standard InChI is InChI=1S/C51H29N3OS/c1-3-14-35-30(11-1)13-9-18-37(35)34-28-42(47-39-16-5-7-20-43(39)55-44(47)29-34)51-53-49(33-25-26-38-32(27-33)24-23-31-12-2-4-15-36(31)38)52-50(54-51)41-19-10-22-46-48(41)40-17-6-8-21-45(40)56-46/h1-29H. The third-order valence-electron chi connectivity index (χ3n) is 11.1. The zero-order valence-corrected chi connectivity index (χ0v) is 30.7. The third kappa shape index (κ3) is 4.81. The zero-order valence-electron chi connectivity index (χ0n) is 29.9. The van der Waals surface area contributed by atoms with Crippen molar-refractivity contribution >= 4 is 85.8 Å². The molecule has 0 saturated heterocycles. The Morgan fingerprint density at radius 2 is 0.964 bits per heavy atom. The van der Waals surface area contributed by atoms with Crippen molar-refractivity contribution in [2.75, 3.05) is 0 Å². The number of fused-ring (bicyclic) bond motifs is 10. The summed E-state index contributed by atoms with van der Waals surface area (Å²) < 4.78 is 9.06. The maximum absolute atomic E-state index is 6.63. The van der Waals surface area contributed by atoms with E-state index in [-0.39, 0.29) is 0 Å². The molecule has 0 fully saturated rings. The monoisotopic (exact) mass is 731 g/mol. The van der Waals surface area contributed by atoms with E-state index in [1.54, 1.807) is 11.3 Å². The summed E-state index contributed by atoms with van der Waals surface area (Å²) in [5, 5.41) is 11.5. The summed E-state index contributed by atoms with van der Waals surface area (Å²) in [5.41, 5.74) is 6.58. The Hall–Kier alpha value is -7.21. The molecule has 3 heterocycles. The number of aromatic nitrogens is 3. The van der Waals surface area contributed by atoms with E-state index in [2.05, 4.69) is 164 Å². The highest BCUT2D eigenvalue weighted by atomic mass is 32.1. The molecule has 0 aliphatic heterocycles. The van der Waals surface area contributed by atoms with E-state index >= 15 is 0 Å². The van der Waals surface area contributed by atoms with Gasteiger partial charge in [-0.05, 0) is 79.8 Å². The minimum Gasteiger partial charge on any atom is -0.456 e. The molecule has 0 unspecified atom stereocenters. The van der Waals surface area contributed by atoms with E-state index in [9.17, 15) is 0 Å². The van der Waals surface area contributed by atoms with Crippen LogP contribution >= 0.6 is 11.3 Å². The van der Waals surface area contributed by atoms with E-state index in [1.165, 1.54) is 41.7 Å². The van der Waals surface area contributed by atoms with Crippen LogP contribution in [0.5, 0.6) is 0 Å². The van der Waals surface area contributed by atoms with Crippen molar-refractivity contribution in [3.63, 3.8) is 0 Å². The average Bonchev–Trinajstić information content (AvgIpc) is 3.84. The highest BCUT2D eigenvalue weighted by Gasteiger charge is 2.22. The van der Waals surface area contributed by atoms with Gasteiger partial charge in [0.25, 0.3) is 0 Å². The lowest BCUT2D eigenvalue weighted by Gasteiger charge is -2.13. The van der Waals surface area contributed by atoms with Crippen LogP contribution in [0.25, 0.3) is 120 Å². The van der Waals surface area contributed by atoms with Crippen LogP contribution in [0.15, 0.2) is 180 Å². The first-order valence-electron chi connectivity index (χ1n) is 18.8. The van der Waals surface area contributed by atoms with Gasteiger partial charge in [-0.2, -0.15) is 0 Å². The summed E-state index contributed by atoms with van der Waals surface area (Å²) in [6.07, 6.45) is 0. The van der Waals surface area contributed by atoms with Crippen LogP contribution in [0.3, 0.4) is 0 Å². The second-order valence-electron chi connectivity index (χ2n) is 14.3. The van der Waals surface area contributed by atoms with Gasteiger partial charge in [0, 0.05) is 47.6 Å². The number of thiophene rings is 1. The molecule has 0 aliphatic carbocycles. The summed E-state index contributed by atoms with van der Waals surface area (Å²) >= 11 is 1.80. The van der Waals surface area contributed by atoms with Crippen LogP contribution in [0, 0.1) is 0 Å². The molecular formula is C51H29N3OS. The first kappa shape index (κ1) is 31.2. The Bertz CT molecular complexity index is 3560. The minimum atomic E-state index is 0.596. The number of nitrogens with zero attached hydrogens (tertiary/aromatic N) is 3. The molecule has 12 rings (SSSR count). The Morgan fingerprint density at radius 3 is 1.86 bits per heavy atom. The highest BCUT2D eigenvalue weighted by Crippen LogP contribution is 2.43. The van der Waals surface area contributed by atoms with Gasteiger partial charge >= 0.3 is 0 Å². The molecule has 0 atom stereocenters. The molecule has 0 radical (unpaired) electrons. The molecule has 0 amide bonds. The summed E-state index contributed by atoms with van der Waals surface area (Å²) in [6, 6.07) is 62.1. The van der Waals surface area contributed by atoms with Gasteiger partial charge < -0.3 is 4.42 Å². The van der Waals surface area contributed by atoms with Crippen LogP contribution in [-0.4, -0.2) is 15.0 Å². The second kappa shape index (κ2) is 12.2. The summed E-state index contributed by atoms with van der Waals surface area (Å²) in [5.74, 6) is 1.85. The molecule has 5 heteroatoms. The highest BCUT2D eigenvalue weighted by molar-refractivity contribution is 7.25. The van der Waals surface area contributed by atoms with Gasteiger partial charge in [0.1, 0.15) is 11.2 Å². The molecule has 9 aromatic carbocycles. The van der Waals surface area contributed by atoms with Gasteiger partial charge in [0.15, 0.2) is 17.5 Å². The number of furan rings is 1. The maximum atomic E-state index is 6.63. The average molecular weight is 732 g/mol. The normalized spacial score (nSPS) is 11.9. The Kier molecular flexibility index (Phi) is 6.76.